The molecule has 172 valence electrons. The lowest BCUT2D eigenvalue weighted by atomic mass is 10.0. The van der Waals surface area contributed by atoms with E-state index in [2.05, 4.69) is 12.1 Å². The van der Waals surface area contributed by atoms with Gasteiger partial charge in [0.25, 0.3) is 0 Å². The molecule has 0 aliphatic rings. The van der Waals surface area contributed by atoms with Crippen LogP contribution in [0.15, 0.2) is 89.4 Å². The Morgan fingerprint density at radius 3 is 2.24 bits per heavy atom. The van der Waals surface area contributed by atoms with Gasteiger partial charge in [-0.2, -0.15) is 4.57 Å². The van der Waals surface area contributed by atoms with Crippen LogP contribution in [0.25, 0.3) is 5.69 Å². The monoisotopic (exact) mass is 488 g/mol. The summed E-state index contributed by atoms with van der Waals surface area (Å²) in [5.74, 6) is 0.347. The van der Waals surface area contributed by atoms with E-state index in [-0.39, 0.29) is 18.2 Å². The molecule has 2 heterocycles. The van der Waals surface area contributed by atoms with Gasteiger partial charge in [0.1, 0.15) is 4.21 Å². The molecule has 34 heavy (non-hydrogen) atoms. The number of rotatable bonds is 9. The molecule has 4 rings (SSSR count). The van der Waals surface area contributed by atoms with Crippen LogP contribution < -0.4 is 4.57 Å². The molecule has 0 spiro atoms. The molecular formula is C28H26NO3S2+. The van der Waals surface area contributed by atoms with Gasteiger partial charge in [-0.1, -0.05) is 60.7 Å². The second-order valence-electron chi connectivity index (χ2n) is 7.78. The zero-order valence-corrected chi connectivity index (χ0v) is 20.8. The summed E-state index contributed by atoms with van der Waals surface area (Å²) in [7, 11) is 0. The van der Waals surface area contributed by atoms with Crippen molar-refractivity contribution in [3.05, 3.63) is 112 Å². The maximum Gasteiger partial charge on any atom is 0.310 e. The number of thiophene rings is 1. The Labute approximate surface area is 208 Å². The van der Waals surface area contributed by atoms with Crippen LogP contribution in [0.2, 0.25) is 0 Å². The fraction of sp³-hybridized carbons (Fsp3) is 0.179. The highest BCUT2D eigenvalue weighted by Gasteiger charge is 2.31. The molecule has 2 aromatic carbocycles. The summed E-state index contributed by atoms with van der Waals surface area (Å²) in [6.45, 7) is 4.12. The molecular weight excluding hydrogens is 462 g/mol. The smallest absolute Gasteiger partial charge is 0.310 e. The van der Waals surface area contributed by atoms with Gasteiger partial charge in [0, 0.05) is 23.4 Å². The zero-order valence-electron chi connectivity index (χ0n) is 19.2. The van der Waals surface area contributed by atoms with Crippen LogP contribution in [-0.4, -0.2) is 18.4 Å². The number of hydrogen-bond donors (Lipinski definition) is 0. The van der Waals surface area contributed by atoms with Crippen LogP contribution in [0, 0.1) is 6.92 Å². The fourth-order valence-electron chi connectivity index (χ4n) is 3.59. The van der Waals surface area contributed by atoms with E-state index in [4.69, 9.17) is 4.74 Å². The maximum atomic E-state index is 13.6. The molecule has 0 saturated carbocycles. The number of esters is 1. The summed E-state index contributed by atoms with van der Waals surface area (Å²) in [4.78, 5) is 26.8. The Morgan fingerprint density at radius 2 is 1.59 bits per heavy atom. The lowest BCUT2D eigenvalue weighted by Crippen LogP contribution is -2.31. The van der Waals surface area contributed by atoms with Crippen molar-refractivity contribution < 1.29 is 18.9 Å². The van der Waals surface area contributed by atoms with E-state index < -0.39 is 0 Å². The van der Waals surface area contributed by atoms with E-state index in [1.165, 1.54) is 16.9 Å². The first-order valence-corrected chi connectivity index (χ1v) is 12.9. The van der Waals surface area contributed by atoms with Crippen LogP contribution >= 0.6 is 23.1 Å². The number of benzene rings is 2. The number of carbonyl (C=O) groups excluding carboxylic acids is 2. The summed E-state index contributed by atoms with van der Waals surface area (Å²) in [6.07, 6.45) is 4.01. The highest BCUT2D eigenvalue weighted by molar-refractivity contribution is 8.00. The lowest BCUT2D eigenvalue weighted by molar-refractivity contribution is -0.598. The molecule has 0 atom stereocenters. The highest BCUT2D eigenvalue weighted by atomic mass is 32.2. The number of ketones is 1. The minimum atomic E-state index is -0.337. The average molecular weight is 489 g/mol. The van der Waals surface area contributed by atoms with E-state index in [9.17, 15) is 9.59 Å². The molecule has 2 aromatic heterocycles. The number of aryl methyl sites for hydroxylation is 1. The lowest BCUT2D eigenvalue weighted by Gasteiger charge is -2.06. The van der Waals surface area contributed by atoms with Crippen molar-refractivity contribution >= 4 is 34.9 Å². The molecule has 0 aliphatic heterocycles. The van der Waals surface area contributed by atoms with Crippen LogP contribution in [0.1, 0.15) is 38.8 Å². The number of pyridine rings is 1. The molecule has 0 fully saturated rings. The highest BCUT2D eigenvalue weighted by Crippen LogP contribution is 2.39. The first kappa shape index (κ1) is 23.9. The first-order chi connectivity index (χ1) is 16.6. The molecule has 0 bridgehead atoms. The molecule has 6 heteroatoms. The average Bonchev–Trinajstić information content (AvgIpc) is 3.22. The minimum Gasteiger partial charge on any atom is -0.466 e. The quantitative estimate of drug-likeness (QED) is 0.126. The SMILES string of the molecule is CCOC(=O)Cc1c(C(=O)c2ccccc2)sc(SCc2ccccc2)c1-[n+]1ccc(C)cc1. The zero-order chi connectivity index (χ0) is 23.9. The molecule has 0 N–H and O–H groups in total. The van der Waals surface area contributed by atoms with Crippen molar-refractivity contribution in [3.8, 4) is 5.69 Å². The summed E-state index contributed by atoms with van der Waals surface area (Å²) in [6, 6.07) is 23.5. The van der Waals surface area contributed by atoms with Gasteiger partial charge in [-0.25, -0.2) is 0 Å². The normalized spacial score (nSPS) is 10.8. The summed E-state index contributed by atoms with van der Waals surface area (Å²) in [5, 5.41) is 0. The Hall–Kier alpha value is -3.22. The third-order valence-electron chi connectivity index (χ3n) is 5.28. The van der Waals surface area contributed by atoms with Gasteiger partial charge in [-0.3, -0.25) is 9.59 Å². The number of nitrogens with zero attached hydrogens (tertiary/aromatic N) is 1. The van der Waals surface area contributed by atoms with Crippen LogP contribution in [0.5, 0.6) is 0 Å². The second kappa shape index (κ2) is 11.3. The van der Waals surface area contributed by atoms with Gasteiger partial charge in [0.05, 0.1) is 23.5 Å². The third kappa shape index (κ3) is 5.64. The van der Waals surface area contributed by atoms with Gasteiger partial charge < -0.3 is 4.74 Å². The number of ether oxygens (including phenoxy) is 1. The van der Waals surface area contributed by atoms with Crippen LogP contribution in [-0.2, 0) is 21.7 Å². The molecule has 0 amide bonds. The van der Waals surface area contributed by atoms with Gasteiger partial charge >= 0.3 is 5.97 Å². The number of aromatic nitrogens is 1. The van der Waals surface area contributed by atoms with E-state index in [1.807, 2.05) is 84.5 Å². The fourth-order valence-corrected chi connectivity index (χ4v) is 6.12. The van der Waals surface area contributed by atoms with E-state index >= 15 is 0 Å². The second-order valence-corrected chi connectivity index (χ2v) is 10.0. The number of thioether (sulfide) groups is 1. The van der Waals surface area contributed by atoms with Crippen LogP contribution in [0.4, 0.5) is 0 Å². The minimum absolute atomic E-state index is 0.0420. The number of carbonyl (C=O) groups is 2. The van der Waals surface area contributed by atoms with Crippen molar-refractivity contribution in [1.82, 2.24) is 0 Å². The van der Waals surface area contributed by atoms with Crippen LogP contribution in [0.3, 0.4) is 0 Å². The van der Waals surface area contributed by atoms with Crippen molar-refractivity contribution in [2.45, 2.75) is 30.2 Å². The Morgan fingerprint density at radius 1 is 0.941 bits per heavy atom. The van der Waals surface area contributed by atoms with Gasteiger partial charge in [-0.15, -0.1) is 23.1 Å². The predicted molar refractivity (Wildman–Crippen MR) is 137 cm³/mol. The molecule has 4 aromatic rings. The van der Waals surface area contributed by atoms with Crippen molar-refractivity contribution in [3.63, 3.8) is 0 Å². The summed E-state index contributed by atoms with van der Waals surface area (Å²) in [5.41, 5.74) is 4.52. The number of hydrogen-bond acceptors (Lipinski definition) is 5. The summed E-state index contributed by atoms with van der Waals surface area (Å²) < 4.78 is 8.28. The third-order valence-corrected chi connectivity index (χ3v) is 7.84. The Balaban J connectivity index is 1.84. The topological polar surface area (TPSA) is 47.3 Å². The predicted octanol–water partition coefficient (Wildman–Crippen LogP) is 5.96. The summed E-state index contributed by atoms with van der Waals surface area (Å²) >= 11 is 3.13. The van der Waals surface area contributed by atoms with Crippen molar-refractivity contribution in [2.75, 3.05) is 6.61 Å². The molecule has 0 saturated heterocycles. The molecule has 0 unspecified atom stereocenters. The maximum absolute atomic E-state index is 13.6. The van der Waals surface area contributed by atoms with Crippen molar-refractivity contribution in [1.29, 1.82) is 0 Å². The molecule has 4 nitrogen and oxygen atoms in total. The largest absolute Gasteiger partial charge is 0.466 e. The molecule has 0 aliphatic carbocycles. The first-order valence-electron chi connectivity index (χ1n) is 11.1. The van der Waals surface area contributed by atoms with Crippen molar-refractivity contribution in [2.24, 2.45) is 0 Å². The van der Waals surface area contributed by atoms with Gasteiger partial charge in [0.15, 0.2) is 12.4 Å². The van der Waals surface area contributed by atoms with E-state index in [0.29, 0.717) is 22.6 Å². The molecule has 0 radical (unpaired) electrons. The standard InChI is InChI=1S/C28H26NO3S2/c1-3-32-24(30)18-23-25(29-16-14-20(2)15-17-29)28(33-19-21-10-6-4-7-11-21)34-27(23)26(31)22-12-8-5-9-13-22/h4-17H,3,18-19H2,1-2H3/q+1. The van der Waals surface area contributed by atoms with E-state index in [1.54, 1.807) is 18.7 Å². The Kier molecular flexibility index (Phi) is 7.93. The van der Waals surface area contributed by atoms with E-state index in [0.717, 1.165) is 21.2 Å². The Bertz CT molecular complexity index is 1270. The van der Waals surface area contributed by atoms with Gasteiger partial charge in [-0.05, 0) is 25.0 Å². The van der Waals surface area contributed by atoms with Gasteiger partial charge in [0.2, 0.25) is 11.5 Å².